The summed E-state index contributed by atoms with van der Waals surface area (Å²) in [7, 11) is 0. The number of nitrogens with one attached hydrogen (secondary N) is 1. The zero-order valence-corrected chi connectivity index (χ0v) is 14.4. The van der Waals surface area contributed by atoms with Gasteiger partial charge in [-0.25, -0.2) is 9.97 Å². The third kappa shape index (κ3) is 3.75. The van der Waals surface area contributed by atoms with Crippen LogP contribution >= 0.6 is 0 Å². The van der Waals surface area contributed by atoms with Gasteiger partial charge in [-0.3, -0.25) is 0 Å². The van der Waals surface area contributed by atoms with E-state index in [1.54, 1.807) is 0 Å². The fourth-order valence-corrected chi connectivity index (χ4v) is 3.29. The number of rotatable bonds is 6. The van der Waals surface area contributed by atoms with Gasteiger partial charge in [0.15, 0.2) is 5.82 Å². The second-order valence-corrected chi connectivity index (χ2v) is 6.22. The van der Waals surface area contributed by atoms with Crippen LogP contribution in [-0.4, -0.2) is 29.1 Å². The van der Waals surface area contributed by atoms with E-state index in [4.69, 9.17) is 9.97 Å². The standard InChI is InChI=1S/C20H26N4/c1-3-13-21-18-15-19(24-14-9-8-12-17(24)4-2)23-20(22-18)16-10-6-5-7-11-16/h3,5-7,10-11,15,17H,1,4,8-9,12-14H2,2H3,(H,21,22,23). The van der Waals surface area contributed by atoms with Crippen molar-refractivity contribution in [3.05, 3.63) is 49.1 Å². The maximum atomic E-state index is 4.88. The Bertz CT molecular complexity index is 669. The molecule has 0 spiro atoms. The number of benzene rings is 1. The first-order valence-corrected chi connectivity index (χ1v) is 8.87. The lowest BCUT2D eigenvalue weighted by molar-refractivity contribution is 0.447. The molecular formula is C20H26N4. The Kier molecular flexibility index (Phi) is 5.47. The maximum Gasteiger partial charge on any atom is 0.163 e. The predicted molar refractivity (Wildman–Crippen MR) is 101 cm³/mol. The van der Waals surface area contributed by atoms with E-state index in [9.17, 15) is 0 Å². The number of hydrogen-bond donors (Lipinski definition) is 1. The second-order valence-electron chi connectivity index (χ2n) is 6.22. The summed E-state index contributed by atoms with van der Waals surface area (Å²) in [4.78, 5) is 12.0. The van der Waals surface area contributed by atoms with E-state index in [2.05, 4.69) is 41.9 Å². The summed E-state index contributed by atoms with van der Waals surface area (Å²) in [6.07, 6.45) is 6.79. The van der Waals surface area contributed by atoms with Crippen molar-refractivity contribution < 1.29 is 0 Å². The molecule has 3 rings (SSSR count). The van der Waals surface area contributed by atoms with E-state index >= 15 is 0 Å². The minimum absolute atomic E-state index is 0.574. The van der Waals surface area contributed by atoms with Crippen LogP contribution in [0.3, 0.4) is 0 Å². The monoisotopic (exact) mass is 322 g/mol. The smallest absolute Gasteiger partial charge is 0.163 e. The van der Waals surface area contributed by atoms with Crippen LogP contribution in [0.1, 0.15) is 32.6 Å². The Balaban J connectivity index is 1.99. The van der Waals surface area contributed by atoms with Crippen LogP contribution in [0.4, 0.5) is 11.6 Å². The van der Waals surface area contributed by atoms with Gasteiger partial charge >= 0.3 is 0 Å². The lowest BCUT2D eigenvalue weighted by Crippen LogP contribution is -2.39. The lowest BCUT2D eigenvalue weighted by Gasteiger charge is -2.36. The van der Waals surface area contributed by atoms with Crippen LogP contribution in [0.2, 0.25) is 0 Å². The van der Waals surface area contributed by atoms with Gasteiger partial charge in [0.25, 0.3) is 0 Å². The van der Waals surface area contributed by atoms with Gasteiger partial charge in [-0.05, 0) is 25.7 Å². The first-order valence-electron chi connectivity index (χ1n) is 8.87. The molecule has 0 bridgehead atoms. The normalized spacial score (nSPS) is 17.5. The van der Waals surface area contributed by atoms with Crippen molar-refractivity contribution in [2.24, 2.45) is 0 Å². The van der Waals surface area contributed by atoms with E-state index in [1.807, 2.05) is 24.3 Å². The molecule has 1 aromatic carbocycles. The highest BCUT2D eigenvalue weighted by atomic mass is 15.2. The molecule has 4 heteroatoms. The van der Waals surface area contributed by atoms with Gasteiger partial charge in [-0.15, -0.1) is 6.58 Å². The lowest BCUT2D eigenvalue weighted by atomic mass is 10.00. The van der Waals surface area contributed by atoms with Gasteiger partial charge in [0, 0.05) is 30.8 Å². The van der Waals surface area contributed by atoms with E-state index < -0.39 is 0 Å². The van der Waals surface area contributed by atoms with Crippen molar-refractivity contribution in [3.8, 4) is 11.4 Å². The van der Waals surface area contributed by atoms with Crippen molar-refractivity contribution >= 4 is 11.6 Å². The minimum atomic E-state index is 0.574. The van der Waals surface area contributed by atoms with Crippen LogP contribution < -0.4 is 10.2 Å². The summed E-state index contributed by atoms with van der Waals surface area (Å²) in [5.74, 6) is 2.67. The number of anilines is 2. The molecule has 4 nitrogen and oxygen atoms in total. The Labute approximate surface area is 144 Å². The Morgan fingerprint density at radius 2 is 2.08 bits per heavy atom. The molecular weight excluding hydrogens is 296 g/mol. The van der Waals surface area contributed by atoms with Crippen LogP contribution in [0, 0.1) is 0 Å². The highest BCUT2D eigenvalue weighted by Gasteiger charge is 2.23. The molecule has 1 aliphatic rings. The number of piperidine rings is 1. The third-order valence-corrected chi connectivity index (χ3v) is 4.56. The molecule has 1 fully saturated rings. The van der Waals surface area contributed by atoms with E-state index in [1.165, 1.54) is 19.3 Å². The zero-order chi connectivity index (χ0) is 16.8. The first kappa shape index (κ1) is 16.5. The largest absolute Gasteiger partial charge is 0.366 e. The van der Waals surface area contributed by atoms with E-state index in [0.29, 0.717) is 12.6 Å². The maximum absolute atomic E-state index is 4.88. The van der Waals surface area contributed by atoms with Gasteiger partial charge in [0.2, 0.25) is 0 Å². The number of hydrogen-bond acceptors (Lipinski definition) is 4. The number of aromatic nitrogens is 2. The molecule has 24 heavy (non-hydrogen) atoms. The van der Waals surface area contributed by atoms with Crippen LogP contribution in [0.15, 0.2) is 49.1 Å². The summed E-state index contributed by atoms with van der Waals surface area (Å²) in [6, 6.07) is 12.8. The molecule has 2 aromatic rings. The van der Waals surface area contributed by atoms with Gasteiger partial charge in [-0.2, -0.15) is 0 Å². The van der Waals surface area contributed by atoms with E-state index in [0.717, 1.165) is 36.0 Å². The molecule has 0 saturated carbocycles. The summed E-state index contributed by atoms with van der Waals surface area (Å²) < 4.78 is 0. The molecule has 1 unspecified atom stereocenters. The second kappa shape index (κ2) is 7.95. The Morgan fingerprint density at radius 1 is 1.25 bits per heavy atom. The molecule has 126 valence electrons. The van der Waals surface area contributed by atoms with Gasteiger partial charge < -0.3 is 10.2 Å². The summed E-state index contributed by atoms with van der Waals surface area (Å²) in [6.45, 7) is 7.81. The summed E-state index contributed by atoms with van der Waals surface area (Å²) >= 11 is 0. The first-order chi connectivity index (χ1) is 11.8. The van der Waals surface area contributed by atoms with Crippen LogP contribution in [0.5, 0.6) is 0 Å². The molecule has 2 heterocycles. The fourth-order valence-electron chi connectivity index (χ4n) is 3.29. The van der Waals surface area contributed by atoms with Gasteiger partial charge in [0.1, 0.15) is 11.6 Å². The van der Waals surface area contributed by atoms with Crippen molar-refractivity contribution in [2.75, 3.05) is 23.3 Å². The quantitative estimate of drug-likeness (QED) is 0.794. The SMILES string of the molecule is C=CCNc1cc(N2CCCCC2CC)nc(-c2ccccc2)n1. The van der Waals surface area contributed by atoms with Crippen LogP contribution in [-0.2, 0) is 0 Å². The zero-order valence-electron chi connectivity index (χ0n) is 14.4. The molecule has 1 atom stereocenters. The van der Waals surface area contributed by atoms with Gasteiger partial charge in [-0.1, -0.05) is 43.3 Å². The average molecular weight is 322 g/mol. The summed E-state index contributed by atoms with van der Waals surface area (Å²) in [5, 5.41) is 3.32. The Hall–Kier alpha value is -2.36. The third-order valence-electron chi connectivity index (χ3n) is 4.56. The molecule has 1 aliphatic heterocycles. The number of nitrogens with zero attached hydrogens (tertiary/aromatic N) is 3. The highest BCUT2D eigenvalue weighted by Crippen LogP contribution is 2.28. The van der Waals surface area contributed by atoms with Gasteiger partial charge in [0.05, 0.1) is 0 Å². The van der Waals surface area contributed by atoms with Crippen molar-refractivity contribution in [1.82, 2.24) is 9.97 Å². The van der Waals surface area contributed by atoms with Crippen molar-refractivity contribution in [1.29, 1.82) is 0 Å². The molecule has 0 amide bonds. The molecule has 1 saturated heterocycles. The molecule has 1 N–H and O–H groups in total. The van der Waals surface area contributed by atoms with E-state index in [-0.39, 0.29) is 0 Å². The summed E-state index contributed by atoms with van der Waals surface area (Å²) in [5.41, 5.74) is 1.05. The Morgan fingerprint density at radius 3 is 2.83 bits per heavy atom. The molecule has 0 radical (unpaired) electrons. The predicted octanol–water partition coefficient (Wildman–Crippen LogP) is 4.51. The van der Waals surface area contributed by atoms with Crippen molar-refractivity contribution in [3.63, 3.8) is 0 Å². The average Bonchev–Trinajstić information content (AvgIpc) is 2.66. The molecule has 0 aliphatic carbocycles. The molecule has 1 aromatic heterocycles. The topological polar surface area (TPSA) is 41.0 Å². The fraction of sp³-hybridized carbons (Fsp3) is 0.400. The minimum Gasteiger partial charge on any atom is -0.366 e. The highest BCUT2D eigenvalue weighted by molar-refractivity contribution is 5.62. The van der Waals surface area contributed by atoms with Crippen molar-refractivity contribution in [2.45, 2.75) is 38.6 Å². The van der Waals surface area contributed by atoms with Crippen LogP contribution in [0.25, 0.3) is 11.4 Å².